The predicted octanol–water partition coefficient (Wildman–Crippen LogP) is 5.56. The van der Waals surface area contributed by atoms with Crippen LogP contribution in [-0.2, 0) is 9.53 Å². The van der Waals surface area contributed by atoms with Crippen LogP contribution >= 0.6 is 0 Å². The van der Waals surface area contributed by atoms with Gasteiger partial charge in [0.05, 0.1) is 12.2 Å². The van der Waals surface area contributed by atoms with Crippen molar-refractivity contribution in [3.05, 3.63) is 11.6 Å². The lowest BCUT2D eigenvalue weighted by atomic mass is 9.46. The lowest BCUT2D eigenvalue weighted by Crippen LogP contribution is -2.54. The van der Waals surface area contributed by atoms with Crippen LogP contribution in [0.15, 0.2) is 11.6 Å². The average Bonchev–Trinajstić information content (AvgIpc) is 3.03. The number of hydrogen-bond donors (Lipinski definition) is 1. The van der Waals surface area contributed by atoms with Crippen molar-refractivity contribution in [2.75, 3.05) is 13.7 Å². The van der Waals surface area contributed by atoms with Crippen LogP contribution in [0.25, 0.3) is 0 Å². The fraction of sp³-hybridized carbons (Fsp3) is 0.885. The summed E-state index contributed by atoms with van der Waals surface area (Å²) in [5.74, 6) is 3.70. The van der Waals surface area contributed by atoms with Gasteiger partial charge in [-0.2, -0.15) is 0 Å². The van der Waals surface area contributed by atoms with Gasteiger partial charge in [0.15, 0.2) is 0 Å². The molecule has 0 aromatic rings. The van der Waals surface area contributed by atoms with Crippen LogP contribution in [0.3, 0.4) is 0 Å². The van der Waals surface area contributed by atoms with Gasteiger partial charge in [0.2, 0.25) is 0 Å². The minimum atomic E-state index is -0.550. The molecule has 3 heteroatoms. The van der Waals surface area contributed by atoms with Gasteiger partial charge in [0.1, 0.15) is 6.29 Å². The predicted molar refractivity (Wildman–Crippen MR) is 116 cm³/mol. The summed E-state index contributed by atoms with van der Waals surface area (Å²) in [6, 6.07) is 0. The highest BCUT2D eigenvalue weighted by molar-refractivity contribution is 5.49. The topological polar surface area (TPSA) is 46.5 Å². The van der Waals surface area contributed by atoms with E-state index < -0.39 is 5.60 Å². The SMILES string of the molecule is COC[C@]12CC[C@](C)(O)CC1=CC[C@@H]1[C@@H]2CC[C@]2(C)[C@@H]([C@H](C)CCC=O)CC[C@@H]12. The summed E-state index contributed by atoms with van der Waals surface area (Å²) in [4.78, 5) is 10.9. The second-order valence-corrected chi connectivity index (χ2v) is 11.6. The molecule has 8 atom stereocenters. The molecule has 4 aliphatic rings. The molecule has 4 rings (SSSR count). The van der Waals surface area contributed by atoms with E-state index in [0.29, 0.717) is 23.7 Å². The number of rotatable bonds is 6. The van der Waals surface area contributed by atoms with Crippen molar-refractivity contribution in [2.45, 2.75) is 90.6 Å². The maximum Gasteiger partial charge on any atom is 0.120 e. The first-order valence-electron chi connectivity index (χ1n) is 12.1. The van der Waals surface area contributed by atoms with Crippen molar-refractivity contribution in [2.24, 2.45) is 40.4 Å². The molecule has 1 N–H and O–H groups in total. The Morgan fingerprint density at radius 2 is 2.00 bits per heavy atom. The number of fused-ring (bicyclic) bond motifs is 5. The van der Waals surface area contributed by atoms with Crippen LogP contribution in [-0.4, -0.2) is 30.7 Å². The molecule has 0 unspecified atom stereocenters. The average molecular weight is 403 g/mol. The number of hydrogen-bond acceptors (Lipinski definition) is 3. The molecule has 0 amide bonds. The zero-order chi connectivity index (χ0) is 20.9. The zero-order valence-electron chi connectivity index (χ0n) is 19.1. The van der Waals surface area contributed by atoms with Crippen molar-refractivity contribution in [1.82, 2.24) is 0 Å². The first-order chi connectivity index (χ1) is 13.8. The van der Waals surface area contributed by atoms with Gasteiger partial charge in [-0.25, -0.2) is 0 Å². The van der Waals surface area contributed by atoms with E-state index in [9.17, 15) is 9.90 Å². The first-order valence-corrected chi connectivity index (χ1v) is 12.1. The fourth-order valence-electron chi connectivity index (χ4n) is 8.64. The van der Waals surface area contributed by atoms with E-state index in [1.54, 1.807) is 0 Å². The number of methoxy groups -OCH3 is 1. The Bertz CT molecular complexity index is 652. The van der Waals surface area contributed by atoms with Gasteiger partial charge in [-0.15, -0.1) is 0 Å². The summed E-state index contributed by atoms with van der Waals surface area (Å²) >= 11 is 0. The highest BCUT2D eigenvalue weighted by atomic mass is 16.5. The molecular formula is C26H42O3. The quantitative estimate of drug-likeness (QED) is 0.467. The molecule has 0 aromatic carbocycles. The van der Waals surface area contributed by atoms with Gasteiger partial charge in [0.25, 0.3) is 0 Å². The second-order valence-electron chi connectivity index (χ2n) is 11.6. The minimum absolute atomic E-state index is 0.155. The third-order valence-electron chi connectivity index (χ3n) is 10.0. The zero-order valence-corrected chi connectivity index (χ0v) is 19.1. The van der Waals surface area contributed by atoms with Crippen molar-refractivity contribution in [3.8, 4) is 0 Å². The summed E-state index contributed by atoms with van der Waals surface area (Å²) in [6.45, 7) is 7.80. The Morgan fingerprint density at radius 3 is 2.72 bits per heavy atom. The van der Waals surface area contributed by atoms with Gasteiger partial charge in [-0.3, -0.25) is 0 Å². The van der Waals surface area contributed by atoms with Crippen molar-refractivity contribution >= 4 is 6.29 Å². The normalized spacial score (nSPS) is 47.6. The maximum atomic E-state index is 10.9. The van der Waals surface area contributed by atoms with Gasteiger partial charge in [-0.05, 0) is 99.7 Å². The Hall–Kier alpha value is -0.670. The molecule has 164 valence electrons. The van der Waals surface area contributed by atoms with Gasteiger partial charge >= 0.3 is 0 Å². The van der Waals surface area contributed by atoms with Crippen molar-refractivity contribution < 1.29 is 14.6 Å². The molecule has 0 saturated heterocycles. The number of aldehydes is 1. The maximum absolute atomic E-state index is 10.9. The molecule has 0 aromatic heterocycles. The largest absolute Gasteiger partial charge is 0.390 e. The van der Waals surface area contributed by atoms with Crippen LogP contribution in [0.2, 0.25) is 0 Å². The molecule has 0 spiro atoms. The molecule has 3 saturated carbocycles. The molecular weight excluding hydrogens is 360 g/mol. The Balaban J connectivity index is 1.61. The number of carbonyl (C=O) groups excluding carboxylic acids is 1. The number of ether oxygens (including phenoxy) is 1. The fourth-order valence-corrected chi connectivity index (χ4v) is 8.64. The van der Waals surface area contributed by atoms with Gasteiger partial charge in [-0.1, -0.05) is 25.5 Å². The van der Waals surface area contributed by atoms with E-state index >= 15 is 0 Å². The number of aliphatic hydroxyl groups is 1. The lowest BCUT2D eigenvalue weighted by molar-refractivity contribution is -0.108. The third kappa shape index (κ3) is 3.45. The van der Waals surface area contributed by atoms with E-state index in [0.717, 1.165) is 56.3 Å². The molecule has 29 heavy (non-hydrogen) atoms. The highest BCUT2D eigenvalue weighted by Crippen LogP contribution is 2.67. The molecule has 3 nitrogen and oxygen atoms in total. The van der Waals surface area contributed by atoms with Crippen LogP contribution in [0.1, 0.15) is 85.0 Å². The van der Waals surface area contributed by atoms with E-state index in [2.05, 4.69) is 19.9 Å². The summed E-state index contributed by atoms with van der Waals surface area (Å²) < 4.78 is 5.84. The summed E-state index contributed by atoms with van der Waals surface area (Å²) in [5, 5.41) is 10.7. The van der Waals surface area contributed by atoms with E-state index in [4.69, 9.17) is 4.74 Å². The Morgan fingerprint density at radius 1 is 1.21 bits per heavy atom. The Labute approximate surface area is 177 Å². The molecule has 0 bridgehead atoms. The second kappa shape index (κ2) is 7.79. The standard InChI is InChI=1S/C26H42O3/c1-18(6-5-15-27)21-9-10-22-20-8-7-19-16-24(2,28)13-14-26(19,17-29-4)23(20)11-12-25(21,22)3/h7,15,18,20-23,28H,5-6,8-14,16-17H2,1-4H3/t18-,20+,21-,22+,23+,24+,25-,26-/m1/s1. The van der Waals surface area contributed by atoms with Crippen LogP contribution in [0.5, 0.6) is 0 Å². The van der Waals surface area contributed by atoms with Crippen LogP contribution in [0, 0.1) is 40.4 Å². The van der Waals surface area contributed by atoms with Crippen LogP contribution in [0.4, 0.5) is 0 Å². The smallest absolute Gasteiger partial charge is 0.120 e. The molecule has 4 aliphatic carbocycles. The van der Waals surface area contributed by atoms with Gasteiger partial charge < -0.3 is 14.6 Å². The monoisotopic (exact) mass is 402 g/mol. The number of carbonyl (C=O) groups is 1. The molecule has 3 fully saturated rings. The summed E-state index contributed by atoms with van der Waals surface area (Å²) in [7, 11) is 1.86. The lowest BCUT2D eigenvalue weighted by Gasteiger charge is -2.60. The highest BCUT2D eigenvalue weighted by Gasteiger charge is 2.60. The van der Waals surface area contributed by atoms with Gasteiger partial charge in [0, 0.05) is 18.9 Å². The third-order valence-corrected chi connectivity index (χ3v) is 10.0. The molecule has 0 radical (unpaired) electrons. The van der Waals surface area contributed by atoms with Crippen LogP contribution < -0.4 is 0 Å². The first kappa shape index (κ1) is 21.6. The van der Waals surface area contributed by atoms with Crippen molar-refractivity contribution in [3.63, 3.8) is 0 Å². The van der Waals surface area contributed by atoms with E-state index in [1.807, 2.05) is 14.0 Å². The summed E-state index contributed by atoms with van der Waals surface area (Å²) in [6.07, 6.45) is 14.7. The summed E-state index contributed by atoms with van der Waals surface area (Å²) in [5.41, 5.74) is 1.53. The molecule has 0 heterocycles. The Kier molecular flexibility index (Phi) is 5.79. The number of allylic oxidation sites excluding steroid dienone is 1. The van der Waals surface area contributed by atoms with Crippen molar-refractivity contribution in [1.29, 1.82) is 0 Å². The van der Waals surface area contributed by atoms with E-state index in [1.165, 1.54) is 37.7 Å². The minimum Gasteiger partial charge on any atom is -0.390 e. The molecule has 0 aliphatic heterocycles. The van der Waals surface area contributed by atoms with E-state index in [-0.39, 0.29) is 5.41 Å².